The highest BCUT2D eigenvalue weighted by atomic mass is 16.5. The highest BCUT2D eigenvalue weighted by molar-refractivity contribution is 6.00. The van der Waals surface area contributed by atoms with E-state index in [0.717, 1.165) is 0 Å². The van der Waals surface area contributed by atoms with Crippen LogP contribution in [0.25, 0.3) is 0 Å². The van der Waals surface area contributed by atoms with E-state index in [1.165, 1.54) is 10.9 Å². The Morgan fingerprint density at radius 3 is 2.47 bits per heavy atom. The van der Waals surface area contributed by atoms with Gasteiger partial charge in [0, 0.05) is 6.20 Å². The van der Waals surface area contributed by atoms with E-state index in [0.29, 0.717) is 0 Å². The molecule has 0 aliphatic rings. The molecule has 94 valence electrons. The number of aromatic nitrogens is 2. The van der Waals surface area contributed by atoms with Gasteiger partial charge in [-0.1, -0.05) is 0 Å². The van der Waals surface area contributed by atoms with Crippen LogP contribution in [-0.2, 0) is 10.3 Å². The van der Waals surface area contributed by atoms with Crippen molar-refractivity contribution in [2.75, 3.05) is 6.61 Å². The van der Waals surface area contributed by atoms with Crippen LogP contribution < -0.4 is 0 Å². The van der Waals surface area contributed by atoms with Crippen molar-refractivity contribution in [2.24, 2.45) is 0 Å². The summed E-state index contributed by atoms with van der Waals surface area (Å²) in [6.45, 7) is 7.42. The molecular formula is C11H16N2O4. The van der Waals surface area contributed by atoms with Crippen molar-refractivity contribution < 1.29 is 19.4 Å². The summed E-state index contributed by atoms with van der Waals surface area (Å²) >= 11 is 0. The average Bonchev–Trinajstić information content (AvgIpc) is 2.61. The van der Waals surface area contributed by atoms with Crippen molar-refractivity contribution >= 4 is 11.9 Å². The van der Waals surface area contributed by atoms with Crippen molar-refractivity contribution in [3.05, 3.63) is 17.5 Å². The Morgan fingerprint density at radius 1 is 1.47 bits per heavy atom. The van der Waals surface area contributed by atoms with Gasteiger partial charge < -0.3 is 9.84 Å². The number of ether oxygens (including phenoxy) is 1. The number of carboxylic acid groups (broad SMARTS) is 1. The maximum atomic E-state index is 11.5. The third-order valence-corrected chi connectivity index (χ3v) is 2.10. The van der Waals surface area contributed by atoms with E-state index in [1.54, 1.807) is 6.92 Å². The molecule has 1 aromatic rings. The average molecular weight is 240 g/mol. The summed E-state index contributed by atoms with van der Waals surface area (Å²) in [5.74, 6) is -1.91. The van der Waals surface area contributed by atoms with E-state index in [2.05, 4.69) is 5.10 Å². The minimum absolute atomic E-state index is 0.140. The van der Waals surface area contributed by atoms with E-state index in [9.17, 15) is 9.59 Å². The quantitative estimate of drug-likeness (QED) is 0.810. The van der Waals surface area contributed by atoms with Crippen LogP contribution in [0.5, 0.6) is 0 Å². The predicted octanol–water partition coefficient (Wildman–Crippen LogP) is 1.51. The van der Waals surface area contributed by atoms with Gasteiger partial charge in [-0.05, 0) is 27.7 Å². The number of nitrogens with zero attached hydrogens (tertiary/aromatic N) is 2. The van der Waals surface area contributed by atoms with Crippen LogP contribution in [0.3, 0.4) is 0 Å². The van der Waals surface area contributed by atoms with Gasteiger partial charge in [-0.3, -0.25) is 4.68 Å². The highest BCUT2D eigenvalue weighted by Crippen LogP contribution is 2.17. The Morgan fingerprint density at radius 2 is 2.06 bits per heavy atom. The number of esters is 1. The fraction of sp³-hybridized carbons (Fsp3) is 0.545. The van der Waals surface area contributed by atoms with Crippen LogP contribution >= 0.6 is 0 Å². The molecule has 1 heterocycles. The first-order chi connectivity index (χ1) is 7.77. The van der Waals surface area contributed by atoms with Gasteiger partial charge in [-0.15, -0.1) is 0 Å². The molecule has 1 N–H and O–H groups in total. The van der Waals surface area contributed by atoms with Crippen LogP contribution in [0.2, 0.25) is 0 Å². The largest absolute Gasteiger partial charge is 0.478 e. The lowest BCUT2D eigenvalue weighted by Crippen LogP contribution is -2.22. The maximum Gasteiger partial charge on any atom is 0.359 e. The van der Waals surface area contributed by atoms with Crippen molar-refractivity contribution in [1.82, 2.24) is 9.78 Å². The standard InChI is InChI=1S/C11H16N2O4/c1-5-17-10(16)8-7(9(14)15)6-13(12-8)11(2,3)4/h6H,5H2,1-4H3,(H,14,15). The Bertz CT molecular complexity index is 443. The van der Waals surface area contributed by atoms with Gasteiger partial charge in [0.2, 0.25) is 0 Å². The van der Waals surface area contributed by atoms with Crippen molar-refractivity contribution in [2.45, 2.75) is 33.2 Å². The minimum atomic E-state index is -1.19. The summed E-state index contributed by atoms with van der Waals surface area (Å²) < 4.78 is 6.21. The number of hydrogen-bond donors (Lipinski definition) is 1. The highest BCUT2D eigenvalue weighted by Gasteiger charge is 2.26. The Kier molecular flexibility index (Phi) is 3.55. The molecule has 6 nitrogen and oxygen atoms in total. The zero-order chi connectivity index (χ0) is 13.2. The second-order valence-electron chi connectivity index (χ2n) is 4.53. The molecule has 0 aliphatic carbocycles. The molecule has 1 aromatic heterocycles. The van der Waals surface area contributed by atoms with Crippen LogP contribution in [0.4, 0.5) is 0 Å². The first-order valence-electron chi connectivity index (χ1n) is 5.28. The molecule has 0 radical (unpaired) electrons. The van der Waals surface area contributed by atoms with Gasteiger partial charge >= 0.3 is 11.9 Å². The number of carbonyl (C=O) groups excluding carboxylic acids is 1. The Labute approximate surface area is 99.2 Å². The second-order valence-corrected chi connectivity index (χ2v) is 4.53. The molecule has 0 fully saturated rings. The monoisotopic (exact) mass is 240 g/mol. The molecule has 0 saturated heterocycles. The lowest BCUT2D eigenvalue weighted by atomic mass is 10.1. The van der Waals surface area contributed by atoms with Crippen LogP contribution in [-0.4, -0.2) is 33.4 Å². The van der Waals surface area contributed by atoms with Crippen molar-refractivity contribution in [3.63, 3.8) is 0 Å². The normalized spacial score (nSPS) is 11.3. The second kappa shape index (κ2) is 4.57. The first kappa shape index (κ1) is 13.2. The van der Waals surface area contributed by atoms with Gasteiger partial charge in [-0.2, -0.15) is 5.10 Å². The summed E-state index contributed by atoms with van der Waals surface area (Å²) in [6, 6.07) is 0. The Hall–Kier alpha value is -1.85. The van der Waals surface area contributed by atoms with E-state index < -0.39 is 17.5 Å². The molecule has 17 heavy (non-hydrogen) atoms. The van der Waals surface area contributed by atoms with E-state index >= 15 is 0 Å². The molecule has 6 heteroatoms. The molecule has 0 spiro atoms. The van der Waals surface area contributed by atoms with Gasteiger partial charge in [0.05, 0.1) is 12.1 Å². The molecular weight excluding hydrogens is 224 g/mol. The molecule has 0 aliphatic heterocycles. The van der Waals surface area contributed by atoms with E-state index in [1.807, 2.05) is 20.8 Å². The van der Waals surface area contributed by atoms with Gasteiger partial charge in [0.25, 0.3) is 0 Å². The summed E-state index contributed by atoms with van der Waals surface area (Å²) in [6.07, 6.45) is 1.34. The maximum absolute atomic E-state index is 11.5. The van der Waals surface area contributed by atoms with Crippen LogP contribution in [0, 0.1) is 0 Å². The zero-order valence-corrected chi connectivity index (χ0v) is 10.4. The van der Waals surface area contributed by atoms with Gasteiger partial charge in [-0.25, -0.2) is 9.59 Å². The smallest absolute Gasteiger partial charge is 0.359 e. The van der Waals surface area contributed by atoms with Gasteiger partial charge in [0.15, 0.2) is 5.69 Å². The molecule has 0 unspecified atom stereocenters. The SMILES string of the molecule is CCOC(=O)c1nn(C(C)(C)C)cc1C(=O)O. The molecule has 0 saturated carbocycles. The number of aromatic carboxylic acids is 1. The van der Waals surface area contributed by atoms with Gasteiger partial charge in [0.1, 0.15) is 5.56 Å². The summed E-state index contributed by atoms with van der Waals surface area (Å²) in [5.41, 5.74) is -0.692. The van der Waals surface area contributed by atoms with Crippen molar-refractivity contribution in [3.8, 4) is 0 Å². The number of carbonyl (C=O) groups is 2. The predicted molar refractivity (Wildman–Crippen MR) is 60.1 cm³/mol. The minimum Gasteiger partial charge on any atom is -0.478 e. The molecule has 0 amide bonds. The first-order valence-corrected chi connectivity index (χ1v) is 5.28. The number of hydrogen-bond acceptors (Lipinski definition) is 4. The summed E-state index contributed by atoms with van der Waals surface area (Å²) in [7, 11) is 0. The molecule has 0 aromatic carbocycles. The summed E-state index contributed by atoms with van der Waals surface area (Å²) in [5, 5.41) is 13.0. The third kappa shape index (κ3) is 2.83. The Balaban J connectivity index is 3.24. The topological polar surface area (TPSA) is 81.4 Å². The third-order valence-electron chi connectivity index (χ3n) is 2.10. The molecule has 1 rings (SSSR count). The molecule has 0 bridgehead atoms. The zero-order valence-electron chi connectivity index (χ0n) is 10.4. The van der Waals surface area contributed by atoms with E-state index in [-0.39, 0.29) is 17.9 Å². The number of rotatable bonds is 3. The van der Waals surface area contributed by atoms with Crippen LogP contribution in [0.15, 0.2) is 6.20 Å². The lowest BCUT2D eigenvalue weighted by molar-refractivity contribution is 0.0506. The fourth-order valence-electron chi connectivity index (χ4n) is 1.22. The summed E-state index contributed by atoms with van der Waals surface area (Å²) in [4.78, 5) is 22.6. The fourth-order valence-corrected chi connectivity index (χ4v) is 1.22. The van der Waals surface area contributed by atoms with E-state index in [4.69, 9.17) is 9.84 Å². The lowest BCUT2D eigenvalue weighted by Gasteiger charge is -2.18. The van der Waals surface area contributed by atoms with Crippen LogP contribution in [0.1, 0.15) is 48.5 Å². The molecule has 0 atom stereocenters. The number of carboxylic acids is 1. The van der Waals surface area contributed by atoms with Crippen molar-refractivity contribution in [1.29, 1.82) is 0 Å².